The summed E-state index contributed by atoms with van der Waals surface area (Å²) in [5.74, 6) is 1.18. The Morgan fingerprint density at radius 1 is 1.16 bits per heavy atom. The van der Waals surface area contributed by atoms with Gasteiger partial charge in [0.1, 0.15) is 6.04 Å². The molecule has 3 unspecified atom stereocenters. The second-order valence-electron chi connectivity index (χ2n) is 6.29. The fraction of sp³-hybridized carbons (Fsp3) is 0.933. The van der Waals surface area contributed by atoms with Crippen molar-refractivity contribution in [1.82, 2.24) is 5.32 Å². The van der Waals surface area contributed by atoms with Crippen LogP contribution < -0.4 is 5.32 Å². The van der Waals surface area contributed by atoms with Crippen LogP contribution in [0.25, 0.3) is 0 Å². The van der Waals surface area contributed by atoms with Crippen molar-refractivity contribution in [2.24, 2.45) is 11.8 Å². The van der Waals surface area contributed by atoms with Gasteiger partial charge in [-0.05, 0) is 43.9 Å². The molecule has 0 aromatic rings. The highest BCUT2D eigenvalue weighted by atomic mass is 16.5. The van der Waals surface area contributed by atoms with Gasteiger partial charge in [0.25, 0.3) is 0 Å². The van der Waals surface area contributed by atoms with E-state index in [4.69, 9.17) is 9.47 Å². The number of carbonyl (C=O) groups excluding carboxylic acids is 1. The van der Waals surface area contributed by atoms with Crippen molar-refractivity contribution in [2.45, 2.75) is 57.0 Å². The Hall–Kier alpha value is -0.610. The maximum atomic E-state index is 12.1. The van der Waals surface area contributed by atoms with Gasteiger partial charge in [-0.15, -0.1) is 0 Å². The minimum absolute atomic E-state index is 0.0270. The summed E-state index contributed by atoms with van der Waals surface area (Å²) in [5, 5.41) is 3.48. The fourth-order valence-corrected chi connectivity index (χ4v) is 3.72. The molecular formula is C15H25NO3. The summed E-state index contributed by atoms with van der Waals surface area (Å²) in [6, 6.07) is 0.516. The third kappa shape index (κ3) is 3.29. The SMILES string of the molecule is O=C(OCC1CCOCC1)C1CC2CCCCC2N1. The Labute approximate surface area is 115 Å². The van der Waals surface area contributed by atoms with Crippen LogP contribution in [0.5, 0.6) is 0 Å². The Kier molecular flexibility index (Phi) is 4.38. The minimum atomic E-state index is -0.0482. The van der Waals surface area contributed by atoms with Crippen LogP contribution in [0.3, 0.4) is 0 Å². The predicted octanol–water partition coefficient (Wildman–Crippen LogP) is 1.88. The molecular weight excluding hydrogens is 242 g/mol. The lowest BCUT2D eigenvalue weighted by Gasteiger charge is -2.24. The summed E-state index contributed by atoms with van der Waals surface area (Å²) < 4.78 is 10.8. The highest BCUT2D eigenvalue weighted by molar-refractivity contribution is 5.76. The molecule has 1 N–H and O–H groups in total. The van der Waals surface area contributed by atoms with Crippen LogP contribution in [0.2, 0.25) is 0 Å². The van der Waals surface area contributed by atoms with Gasteiger partial charge in [0.2, 0.25) is 0 Å². The first kappa shape index (κ1) is 13.4. The van der Waals surface area contributed by atoms with E-state index in [1.165, 1.54) is 25.7 Å². The molecule has 0 amide bonds. The molecule has 0 radical (unpaired) electrons. The summed E-state index contributed by atoms with van der Waals surface area (Å²) in [7, 11) is 0. The van der Waals surface area contributed by atoms with Crippen LogP contribution in [-0.4, -0.2) is 37.9 Å². The van der Waals surface area contributed by atoms with E-state index in [0.29, 0.717) is 24.5 Å². The van der Waals surface area contributed by atoms with Crippen molar-refractivity contribution >= 4 is 5.97 Å². The quantitative estimate of drug-likeness (QED) is 0.793. The minimum Gasteiger partial charge on any atom is -0.464 e. The smallest absolute Gasteiger partial charge is 0.323 e. The molecule has 0 aromatic carbocycles. The second kappa shape index (κ2) is 6.23. The van der Waals surface area contributed by atoms with E-state index in [9.17, 15) is 4.79 Å². The maximum Gasteiger partial charge on any atom is 0.323 e. The second-order valence-corrected chi connectivity index (χ2v) is 6.29. The van der Waals surface area contributed by atoms with Gasteiger partial charge in [-0.25, -0.2) is 0 Å². The zero-order valence-corrected chi connectivity index (χ0v) is 11.6. The van der Waals surface area contributed by atoms with Crippen molar-refractivity contribution in [3.05, 3.63) is 0 Å². The first-order chi connectivity index (χ1) is 9.33. The molecule has 1 aliphatic carbocycles. The van der Waals surface area contributed by atoms with Crippen molar-refractivity contribution in [3.63, 3.8) is 0 Å². The van der Waals surface area contributed by atoms with E-state index in [-0.39, 0.29) is 12.0 Å². The third-order valence-electron chi connectivity index (χ3n) is 4.95. The summed E-state index contributed by atoms with van der Waals surface area (Å²) in [5.41, 5.74) is 0. The van der Waals surface area contributed by atoms with Gasteiger partial charge in [0.05, 0.1) is 6.61 Å². The number of rotatable bonds is 3. The van der Waals surface area contributed by atoms with Gasteiger partial charge in [-0.1, -0.05) is 12.8 Å². The Morgan fingerprint density at radius 2 is 1.95 bits per heavy atom. The predicted molar refractivity (Wildman–Crippen MR) is 71.8 cm³/mol. The van der Waals surface area contributed by atoms with E-state index in [2.05, 4.69) is 5.32 Å². The van der Waals surface area contributed by atoms with Crippen LogP contribution in [0.4, 0.5) is 0 Å². The van der Waals surface area contributed by atoms with Crippen molar-refractivity contribution in [1.29, 1.82) is 0 Å². The number of esters is 1. The van der Waals surface area contributed by atoms with Gasteiger partial charge in [0.15, 0.2) is 0 Å². The van der Waals surface area contributed by atoms with Crippen molar-refractivity contribution in [2.75, 3.05) is 19.8 Å². The molecule has 3 fully saturated rings. The van der Waals surface area contributed by atoms with Crippen LogP contribution >= 0.6 is 0 Å². The number of hydrogen-bond acceptors (Lipinski definition) is 4. The Balaban J connectivity index is 1.43. The number of hydrogen-bond donors (Lipinski definition) is 1. The highest BCUT2D eigenvalue weighted by Gasteiger charge is 2.39. The number of nitrogens with one attached hydrogen (secondary N) is 1. The van der Waals surface area contributed by atoms with Gasteiger partial charge >= 0.3 is 5.97 Å². The van der Waals surface area contributed by atoms with Gasteiger partial charge < -0.3 is 14.8 Å². The summed E-state index contributed by atoms with van der Waals surface area (Å²) in [6.07, 6.45) is 8.17. The molecule has 3 atom stereocenters. The fourth-order valence-electron chi connectivity index (χ4n) is 3.72. The molecule has 2 heterocycles. The van der Waals surface area contributed by atoms with Gasteiger partial charge in [-0.2, -0.15) is 0 Å². The third-order valence-corrected chi connectivity index (χ3v) is 4.95. The van der Waals surface area contributed by atoms with E-state index >= 15 is 0 Å². The molecule has 2 aliphatic heterocycles. The molecule has 0 bridgehead atoms. The molecule has 4 heteroatoms. The molecule has 2 saturated heterocycles. The number of fused-ring (bicyclic) bond motifs is 1. The molecule has 3 aliphatic rings. The Bertz CT molecular complexity index is 301. The Morgan fingerprint density at radius 3 is 2.74 bits per heavy atom. The van der Waals surface area contributed by atoms with Gasteiger partial charge in [-0.3, -0.25) is 4.79 Å². The summed E-state index contributed by atoms with van der Waals surface area (Å²) >= 11 is 0. The van der Waals surface area contributed by atoms with Crippen molar-refractivity contribution in [3.8, 4) is 0 Å². The first-order valence-corrected chi connectivity index (χ1v) is 7.83. The highest BCUT2D eigenvalue weighted by Crippen LogP contribution is 2.33. The van der Waals surface area contributed by atoms with E-state index in [0.717, 1.165) is 32.5 Å². The normalized spacial score (nSPS) is 35.9. The van der Waals surface area contributed by atoms with Crippen molar-refractivity contribution < 1.29 is 14.3 Å². The zero-order valence-electron chi connectivity index (χ0n) is 11.6. The summed E-state index contributed by atoms with van der Waals surface area (Å²) in [6.45, 7) is 2.21. The number of carbonyl (C=O) groups is 1. The average Bonchev–Trinajstić information content (AvgIpc) is 2.90. The largest absolute Gasteiger partial charge is 0.464 e. The first-order valence-electron chi connectivity index (χ1n) is 7.83. The van der Waals surface area contributed by atoms with Crippen LogP contribution in [0, 0.1) is 11.8 Å². The molecule has 108 valence electrons. The molecule has 1 saturated carbocycles. The molecule has 4 nitrogen and oxygen atoms in total. The molecule has 0 spiro atoms. The monoisotopic (exact) mass is 267 g/mol. The van der Waals surface area contributed by atoms with E-state index < -0.39 is 0 Å². The molecule has 19 heavy (non-hydrogen) atoms. The lowest BCUT2D eigenvalue weighted by Crippen LogP contribution is -2.38. The summed E-state index contributed by atoms with van der Waals surface area (Å²) in [4.78, 5) is 12.1. The van der Waals surface area contributed by atoms with E-state index in [1.54, 1.807) is 0 Å². The van der Waals surface area contributed by atoms with Crippen LogP contribution in [0.15, 0.2) is 0 Å². The maximum absolute atomic E-state index is 12.1. The van der Waals surface area contributed by atoms with Crippen LogP contribution in [0.1, 0.15) is 44.9 Å². The lowest BCUT2D eigenvalue weighted by atomic mass is 9.85. The molecule has 3 rings (SSSR count). The number of ether oxygens (including phenoxy) is 2. The van der Waals surface area contributed by atoms with Gasteiger partial charge in [0, 0.05) is 19.3 Å². The zero-order chi connectivity index (χ0) is 13.1. The van der Waals surface area contributed by atoms with E-state index in [1.807, 2.05) is 0 Å². The molecule has 0 aromatic heterocycles. The standard InChI is InChI=1S/C15H25NO3/c17-15(19-10-11-5-7-18-8-6-11)14-9-12-3-1-2-4-13(12)16-14/h11-14,16H,1-10H2. The average molecular weight is 267 g/mol. The topological polar surface area (TPSA) is 47.6 Å². The lowest BCUT2D eigenvalue weighted by molar-refractivity contribution is -0.148. The van der Waals surface area contributed by atoms with Crippen LogP contribution in [-0.2, 0) is 14.3 Å².